The monoisotopic (exact) mass is 434 g/mol. The molecular formula is C22H28F2N4O3. The zero-order chi connectivity index (χ0) is 22.6. The van der Waals surface area contributed by atoms with Crippen molar-refractivity contribution in [3.05, 3.63) is 59.7 Å². The fourth-order valence-corrected chi connectivity index (χ4v) is 2.62. The summed E-state index contributed by atoms with van der Waals surface area (Å²) in [5.41, 5.74) is 1.62. The van der Waals surface area contributed by atoms with E-state index in [1.807, 2.05) is 24.3 Å². The van der Waals surface area contributed by atoms with Crippen LogP contribution in [0, 0.1) is 0 Å². The summed E-state index contributed by atoms with van der Waals surface area (Å²) in [6.07, 6.45) is 0.720. The third-order valence-electron chi connectivity index (χ3n) is 4.37. The second-order valence-electron chi connectivity index (χ2n) is 6.82. The molecule has 0 saturated heterocycles. The number of carbonyl (C=O) groups excluding carboxylic acids is 1. The van der Waals surface area contributed by atoms with E-state index in [1.165, 1.54) is 11.0 Å². The fraction of sp³-hybridized carbons (Fsp3) is 0.364. The second kappa shape index (κ2) is 12.4. The van der Waals surface area contributed by atoms with Gasteiger partial charge in [-0.15, -0.1) is 0 Å². The highest BCUT2D eigenvalue weighted by atomic mass is 19.3. The van der Waals surface area contributed by atoms with Crippen molar-refractivity contribution in [2.45, 2.75) is 19.6 Å². The summed E-state index contributed by atoms with van der Waals surface area (Å²) in [7, 11) is 4.94. The SMILES string of the molecule is COc1ccc(CCNC(=NCc2ccccc2OC(F)F)NCC(=O)N(C)C)cc1. The summed E-state index contributed by atoms with van der Waals surface area (Å²) < 4.78 is 35.0. The summed E-state index contributed by atoms with van der Waals surface area (Å²) in [5.74, 6) is 1.14. The molecule has 9 heteroatoms. The highest BCUT2D eigenvalue weighted by Gasteiger charge is 2.10. The van der Waals surface area contributed by atoms with E-state index in [0.717, 1.165) is 17.7 Å². The molecule has 2 N–H and O–H groups in total. The first-order valence-electron chi connectivity index (χ1n) is 9.77. The lowest BCUT2D eigenvalue weighted by Gasteiger charge is -2.15. The van der Waals surface area contributed by atoms with Crippen molar-refractivity contribution in [3.63, 3.8) is 0 Å². The number of aliphatic imine (C=N–C) groups is 1. The largest absolute Gasteiger partial charge is 0.497 e. The van der Waals surface area contributed by atoms with Crippen molar-refractivity contribution in [2.24, 2.45) is 4.99 Å². The van der Waals surface area contributed by atoms with E-state index in [4.69, 9.17) is 4.74 Å². The molecule has 1 amide bonds. The lowest BCUT2D eigenvalue weighted by atomic mass is 10.1. The Labute approximate surface area is 181 Å². The van der Waals surface area contributed by atoms with Crippen molar-refractivity contribution in [2.75, 3.05) is 34.3 Å². The van der Waals surface area contributed by atoms with Gasteiger partial charge in [0.25, 0.3) is 0 Å². The number of rotatable bonds is 10. The first-order valence-corrected chi connectivity index (χ1v) is 9.77. The van der Waals surface area contributed by atoms with Crippen molar-refractivity contribution in [3.8, 4) is 11.5 Å². The molecule has 0 bridgehead atoms. The molecule has 2 aromatic carbocycles. The van der Waals surface area contributed by atoms with E-state index >= 15 is 0 Å². The van der Waals surface area contributed by atoms with Crippen LogP contribution in [0.5, 0.6) is 11.5 Å². The minimum Gasteiger partial charge on any atom is -0.497 e. The Morgan fingerprint density at radius 3 is 2.45 bits per heavy atom. The first kappa shape index (κ1) is 23.9. The zero-order valence-corrected chi connectivity index (χ0v) is 17.9. The smallest absolute Gasteiger partial charge is 0.387 e. The Morgan fingerprint density at radius 1 is 1.10 bits per heavy atom. The molecule has 0 heterocycles. The molecule has 0 aromatic heterocycles. The van der Waals surface area contributed by atoms with Crippen LogP contribution in [0.2, 0.25) is 0 Å². The summed E-state index contributed by atoms with van der Waals surface area (Å²) in [4.78, 5) is 17.8. The van der Waals surface area contributed by atoms with E-state index in [2.05, 4.69) is 20.4 Å². The van der Waals surface area contributed by atoms with Crippen molar-refractivity contribution < 1.29 is 23.0 Å². The van der Waals surface area contributed by atoms with Gasteiger partial charge in [0.15, 0.2) is 5.96 Å². The molecular weight excluding hydrogens is 406 g/mol. The summed E-state index contributed by atoms with van der Waals surface area (Å²) in [6.45, 7) is -2.19. The highest BCUT2D eigenvalue weighted by molar-refractivity contribution is 5.86. The lowest BCUT2D eigenvalue weighted by Crippen LogP contribution is -2.43. The molecule has 0 fully saturated rings. The number of hydrogen-bond acceptors (Lipinski definition) is 4. The molecule has 31 heavy (non-hydrogen) atoms. The molecule has 168 valence electrons. The lowest BCUT2D eigenvalue weighted by molar-refractivity contribution is -0.127. The van der Waals surface area contributed by atoms with Gasteiger partial charge in [-0.2, -0.15) is 8.78 Å². The Hall–Kier alpha value is -3.36. The molecule has 2 aromatic rings. The maximum Gasteiger partial charge on any atom is 0.387 e. The number of ether oxygens (including phenoxy) is 2. The van der Waals surface area contributed by atoms with E-state index in [-0.39, 0.29) is 24.7 Å². The van der Waals surface area contributed by atoms with Crippen molar-refractivity contribution in [1.82, 2.24) is 15.5 Å². The van der Waals surface area contributed by atoms with Gasteiger partial charge in [-0.05, 0) is 30.2 Å². The number of benzene rings is 2. The van der Waals surface area contributed by atoms with Crippen molar-refractivity contribution in [1.29, 1.82) is 0 Å². The van der Waals surface area contributed by atoms with Gasteiger partial charge in [-0.3, -0.25) is 4.79 Å². The number of methoxy groups -OCH3 is 1. The predicted octanol–water partition coefficient (Wildman–Crippen LogP) is 2.66. The number of halogens is 2. The number of para-hydroxylation sites is 1. The molecule has 0 aliphatic heterocycles. The topological polar surface area (TPSA) is 75.2 Å². The van der Waals surface area contributed by atoms with E-state index in [0.29, 0.717) is 18.1 Å². The molecule has 0 spiro atoms. The summed E-state index contributed by atoms with van der Waals surface area (Å²) in [5, 5.41) is 6.14. The van der Waals surface area contributed by atoms with Crippen LogP contribution in [0.1, 0.15) is 11.1 Å². The number of nitrogens with zero attached hydrogens (tertiary/aromatic N) is 2. The molecule has 0 radical (unpaired) electrons. The normalized spacial score (nSPS) is 11.2. The van der Waals surface area contributed by atoms with Crippen LogP contribution in [-0.2, 0) is 17.8 Å². The van der Waals surface area contributed by atoms with Gasteiger partial charge in [-0.25, -0.2) is 4.99 Å². The average Bonchev–Trinajstić information content (AvgIpc) is 2.75. The van der Waals surface area contributed by atoms with Crippen molar-refractivity contribution >= 4 is 11.9 Å². The van der Waals surface area contributed by atoms with E-state index < -0.39 is 6.61 Å². The molecule has 0 atom stereocenters. The van der Waals surface area contributed by atoms with Crippen LogP contribution in [0.25, 0.3) is 0 Å². The fourth-order valence-electron chi connectivity index (χ4n) is 2.62. The zero-order valence-electron chi connectivity index (χ0n) is 17.9. The quantitative estimate of drug-likeness (QED) is 0.444. The molecule has 0 aliphatic rings. The Kier molecular flexibility index (Phi) is 9.54. The number of guanidine groups is 1. The molecule has 0 saturated carbocycles. The molecule has 0 unspecified atom stereocenters. The number of alkyl halides is 2. The minimum absolute atomic E-state index is 0.0521. The van der Waals surface area contributed by atoms with Gasteiger partial charge < -0.3 is 25.0 Å². The Bertz CT molecular complexity index is 858. The minimum atomic E-state index is -2.91. The number of hydrogen-bond donors (Lipinski definition) is 2. The predicted molar refractivity (Wildman–Crippen MR) is 116 cm³/mol. The van der Waals surface area contributed by atoms with Gasteiger partial charge in [0.1, 0.15) is 11.5 Å². The Balaban J connectivity index is 2.03. The van der Waals surface area contributed by atoms with Gasteiger partial charge in [-0.1, -0.05) is 30.3 Å². The second-order valence-corrected chi connectivity index (χ2v) is 6.82. The van der Waals surface area contributed by atoms with Crippen LogP contribution in [0.15, 0.2) is 53.5 Å². The Morgan fingerprint density at radius 2 is 1.81 bits per heavy atom. The maximum atomic E-state index is 12.6. The van der Waals surface area contributed by atoms with Crippen LogP contribution < -0.4 is 20.1 Å². The van der Waals surface area contributed by atoms with Crippen LogP contribution in [-0.4, -0.2) is 57.7 Å². The third-order valence-corrected chi connectivity index (χ3v) is 4.37. The molecule has 7 nitrogen and oxygen atoms in total. The molecule has 2 rings (SSSR count). The van der Waals surface area contributed by atoms with Gasteiger partial charge in [0, 0.05) is 26.2 Å². The summed E-state index contributed by atoms with van der Waals surface area (Å²) in [6, 6.07) is 14.2. The highest BCUT2D eigenvalue weighted by Crippen LogP contribution is 2.21. The maximum absolute atomic E-state index is 12.6. The summed E-state index contributed by atoms with van der Waals surface area (Å²) >= 11 is 0. The third kappa shape index (κ3) is 8.49. The number of nitrogens with one attached hydrogen (secondary N) is 2. The number of carbonyl (C=O) groups is 1. The van der Waals surface area contributed by atoms with E-state index in [9.17, 15) is 13.6 Å². The van der Waals surface area contributed by atoms with Gasteiger partial charge in [0.05, 0.1) is 20.2 Å². The van der Waals surface area contributed by atoms with Crippen LogP contribution in [0.4, 0.5) is 8.78 Å². The molecule has 0 aliphatic carbocycles. The van der Waals surface area contributed by atoms with E-state index in [1.54, 1.807) is 39.4 Å². The van der Waals surface area contributed by atoms with Crippen LogP contribution >= 0.6 is 0 Å². The average molecular weight is 434 g/mol. The standard InChI is InChI=1S/C22H28F2N4O3/c1-28(2)20(29)15-27-22(25-13-12-16-8-10-18(30-3)11-9-16)26-14-17-6-4-5-7-19(17)31-21(23)24/h4-11,21H,12-15H2,1-3H3,(H2,25,26,27). The van der Waals surface area contributed by atoms with Gasteiger partial charge >= 0.3 is 6.61 Å². The van der Waals surface area contributed by atoms with Crippen LogP contribution in [0.3, 0.4) is 0 Å². The first-order chi connectivity index (χ1) is 14.9. The number of amides is 1. The number of likely N-dealkylation sites (N-methyl/N-ethyl adjacent to an activating group) is 1. The van der Waals surface area contributed by atoms with Gasteiger partial charge in [0.2, 0.25) is 5.91 Å².